The van der Waals surface area contributed by atoms with E-state index in [1.54, 1.807) is 24.3 Å². The summed E-state index contributed by atoms with van der Waals surface area (Å²) in [6.45, 7) is 3.87. The molecule has 4 rings (SSSR count). The number of ether oxygens (including phenoxy) is 1. The summed E-state index contributed by atoms with van der Waals surface area (Å²) in [7, 11) is 0. The van der Waals surface area contributed by atoms with Crippen LogP contribution in [-0.2, 0) is 0 Å². The molecule has 6 nitrogen and oxygen atoms in total. The molecule has 0 saturated heterocycles. The fourth-order valence-corrected chi connectivity index (χ4v) is 3.10. The van der Waals surface area contributed by atoms with Gasteiger partial charge >= 0.3 is 0 Å². The monoisotopic (exact) mass is 360 g/mol. The van der Waals surface area contributed by atoms with Crippen LogP contribution in [-0.4, -0.2) is 9.97 Å². The van der Waals surface area contributed by atoms with Gasteiger partial charge in [0.15, 0.2) is 0 Å². The Morgan fingerprint density at radius 2 is 1.74 bits per heavy atom. The van der Waals surface area contributed by atoms with E-state index in [2.05, 4.69) is 16.7 Å². The molecular weight excluding hydrogens is 340 g/mol. The van der Waals surface area contributed by atoms with E-state index >= 15 is 0 Å². The number of nitroso groups, excluding NO2 is 1. The van der Waals surface area contributed by atoms with Crippen LogP contribution in [0.3, 0.4) is 0 Å². The second-order valence-corrected chi connectivity index (χ2v) is 6.71. The number of nitrogens with one attached hydrogen (secondary N) is 1. The van der Waals surface area contributed by atoms with Crippen LogP contribution in [0.25, 0.3) is 17.0 Å². The molecule has 3 aromatic rings. The summed E-state index contributed by atoms with van der Waals surface area (Å²) in [5.74, 6) is 2.80. The molecule has 0 atom stereocenters. The van der Waals surface area contributed by atoms with Gasteiger partial charge in [0.2, 0.25) is 0 Å². The molecule has 1 aliphatic rings. The molecule has 0 aliphatic heterocycles. The average Bonchev–Trinajstić information content (AvgIpc) is 3.06. The van der Waals surface area contributed by atoms with Crippen LogP contribution in [0, 0.1) is 4.91 Å². The van der Waals surface area contributed by atoms with Crippen molar-refractivity contribution in [1.29, 1.82) is 0 Å². The summed E-state index contributed by atoms with van der Waals surface area (Å²) in [5.41, 5.74) is 9.36. The second kappa shape index (κ2) is 7.07. The van der Waals surface area contributed by atoms with Crippen molar-refractivity contribution < 1.29 is 4.74 Å². The van der Waals surface area contributed by atoms with Crippen LogP contribution in [0.5, 0.6) is 11.5 Å². The molecule has 0 bridgehead atoms. The quantitative estimate of drug-likeness (QED) is 0.570. The molecule has 1 aliphatic carbocycles. The highest BCUT2D eigenvalue weighted by molar-refractivity contribution is 5.75. The van der Waals surface area contributed by atoms with Crippen molar-refractivity contribution in [2.75, 3.05) is 0 Å². The highest BCUT2D eigenvalue weighted by atomic mass is 16.5. The number of nitrogens with two attached hydrogens (primary N) is 1. The van der Waals surface area contributed by atoms with Crippen LogP contribution < -0.4 is 10.5 Å². The van der Waals surface area contributed by atoms with E-state index in [0.717, 1.165) is 35.6 Å². The third-order valence-corrected chi connectivity index (χ3v) is 4.84. The smallest absolute Gasteiger partial charge is 0.127 e. The van der Waals surface area contributed by atoms with Crippen molar-refractivity contribution in [1.82, 2.24) is 9.97 Å². The summed E-state index contributed by atoms with van der Waals surface area (Å²) in [4.78, 5) is 18.6. The van der Waals surface area contributed by atoms with Gasteiger partial charge in [-0.2, -0.15) is 0 Å². The molecule has 6 heteroatoms. The van der Waals surface area contributed by atoms with Crippen LogP contribution in [0.2, 0.25) is 0 Å². The van der Waals surface area contributed by atoms with Crippen molar-refractivity contribution in [2.24, 2.45) is 10.9 Å². The van der Waals surface area contributed by atoms with E-state index in [-0.39, 0.29) is 0 Å². The molecular formula is C21H20N4O2. The Balaban J connectivity index is 1.57. The number of benzene rings is 2. The number of aromatic amines is 1. The normalized spacial score (nSPS) is 13.8. The molecule has 136 valence electrons. The predicted molar refractivity (Wildman–Crippen MR) is 106 cm³/mol. The number of rotatable bonds is 6. The lowest BCUT2D eigenvalue weighted by Crippen LogP contribution is -2.10. The highest BCUT2D eigenvalue weighted by Gasteiger charge is 2.25. The Hall–Kier alpha value is -3.41. The molecule has 0 amide bonds. The zero-order valence-corrected chi connectivity index (χ0v) is 14.8. The van der Waals surface area contributed by atoms with Crippen LogP contribution in [0.4, 0.5) is 5.69 Å². The molecule has 1 saturated carbocycles. The fourth-order valence-electron chi connectivity index (χ4n) is 3.10. The van der Waals surface area contributed by atoms with Gasteiger partial charge in [0.05, 0.1) is 17.1 Å². The minimum Gasteiger partial charge on any atom is -0.457 e. The zero-order chi connectivity index (χ0) is 18.8. The summed E-state index contributed by atoms with van der Waals surface area (Å²) in [6.07, 6.45) is 3.57. The van der Waals surface area contributed by atoms with Gasteiger partial charge in [0.25, 0.3) is 0 Å². The molecule has 0 radical (unpaired) electrons. The number of imidazole rings is 1. The molecule has 0 spiro atoms. The first-order valence-electron chi connectivity index (χ1n) is 8.90. The van der Waals surface area contributed by atoms with E-state index in [9.17, 15) is 4.91 Å². The van der Waals surface area contributed by atoms with Crippen molar-refractivity contribution >= 4 is 11.4 Å². The molecule has 27 heavy (non-hydrogen) atoms. The Labute approximate surface area is 157 Å². The molecule has 0 unspecified atom stereocenters. The van der Waals surface area contributed by atoms with Gasteiger partial charge in [-0.05, 0) is 66.5 Å². The molecule has 1 heterocycles. The predicted octanol–water partition coefficient (Wildman–Crippen LogP) is 5.46. The van der Waals surface area contributed by atoms with E-state index in [1.807, 2.05) is 24.3 Å². The molecule has 1 aromatic heterocycles. The number of aromatic nitrogens is 2. The summed E-state index contributed by atoms with van der Waals surface area (Å²) < 4.78 is 5.80. The van der Waals surface area contributed by atoms with E-state index in [4.69, 9.17) is 15.5 Å². The minimum absolute atomic E-state index is 0.369. The van der Waals surface area contributed by atoms with Crippen molar-refractivity contribution in [3.05, 3.63) is 71.5 Å². The largest absolute Gasteiger partial charge is 0.457 e. The summed E-state index contributed by atoms with van der Waals surface area (Å²) in [5, 5.41) is 2.88. The van der Waals surface area contributed by atoms with Gasteiger partial charge in [0.1, 0.15) is 23.0 Å². The molecule has 3 N–H and O–H groups in total. The number of H-pyrrole nitrogens is 1. The summed E-state index contributed by atoms with van der Waals surface area (Å²) in [6, 6.07) is 14.3. The lowest BCUT2D eigenvalue weighted by Gasteiger charge is -2.22. The average molecular weight is 360 g/mol. The molecule has 2 aromatic carbocycles. The van der Waals surface area contributed by atoms with Crippen molar-refractivity contribution in [2.45, 2.75) is 25.2 Å². The van der Waals surface area contributed by atoms with Gasteiger partial charge in [-0.25, -0.2) is 4.98 Å². The van der Waals surface area contributed by atoms with E-state index in [0.29, 0.717) is 28.8 Å². The Morgan fingerprint density at radius 1 is 1.11 bits per heavy atom. The standard InChI is InChI=1S/C21H20N4O2/c1-13(22)19-20(24-21(23-19)15-3-2-4-15)14-5-9-17(10-6-14)27-18-11-7-16(25-26)8-12-18/h5-12,15H,1-4,22H2,(H,23,24). The number of nitrogens with zero attached hydrogens (tertiary/aromatic N) is 2. The van der Waals surface area contributed by atoms with Gasteiger partial charge in [-0.3, -0.25) is 0 Å². The zero-order valence-electron chi connectivity index (χ0n) is 14.8. The maximum Gasteiger partial charge on any atom is 0.127 e. The Kier molecular flexibility index (Phi) is 4.46. The van der Waals surface area contributed by atoms with Crippen LogP contribution in [0.15, 0.2) is 60.3 Å². The van der Waals surface area contributed by atoms with Crippen LogP contribution >= 0.6 is 0 Å². The van der Waals surface area contributed by atoms with Crippen molar-refractivity contribution in [3.8, 4) is 22.8 Å². The first-order chi connectivity index (χ1) is 13.1. The van der Waals surface area contributed by atoms with E-state index in [1.165, 1.54) is 6.42 Å². The number of hydrogen-bond acceptors (Lipinski definition) is 5. The maximum absolute atomic E-state index is 10.5. The van der Waals surface area contributed by atoms with E-state index < -0.39 is 0 Å². The lowest BCUT2D eigenvalue weighted by atomic mass is 9.85. The minimum atomic E-state index is 0.369. The highest BCUT2D eigenvalue weighted by Crippen LogP contribution is 2.37. The maximum atomic E-state index is 10.5. The first kappa shape index (κ1) is 17.0. The number of hydrogen-bond donors (Lipinski definition) is 2. The van der Waals surface area contributed by atoms with Crippen molar-refractivity contribution in [3.63, 3.8) is 0 Å². The topological polar surface area (TPSA) is 93.4 Å². The van der Waals surface area contributed by atoms with Gasteiger partial charge in [-0.1, -0.05) is 13.0 Å². The Bertz CT molecular complexity index is 970. The third kappa shape index (κ3) is 3.46. The summed E-state index contributed by atoms with van der Waals surface area (Å²) >= 11 is 0. The van der Waals surface area contributed by atoms with Crippen LogP contribution in [0.1, 0.15) is 36.7 Å². The molecule has 1 fully saturated rings. The lowest BCUT2D eigenvalue weighted by molar-refractivity contribution is 0.404. The Morgan fingerprint density at radius 3 is 2.26 bits per heavy atom. The van der Waals surface area contributed by atoms with Gasteiger partial charge in [-0.15, -0.1) is 4.91 Å². The van der Waals surface area contributed by atoms with Gasteiger partial charge in [0, 0.05) is 11.5 Å². The van der Waals surface area contributed by atoms with Gasteiger partial charge < -0.3 is 15.5 Å². The SMILES string of the molecule is C=C(N)c1[nH]c(C2CCC2)nc1-c1ccc(Oc2ccc(N=O)cc2)cc1. The third-order valence-electron chi connectivity index (χ3n) is 4.84. The second-order valence-electron chi connectivity index (χ2n) is 6.71. The first-order valence-corrected chi connectivity index (χ1v) is 8.90. The fraction of sp³-hybridized carbons (Fsp3) is 0.190.